The molecule has 1 N–H and O–H groups in total. The number of nitrogens with zero attached hydrogens (tertiary/aromatic N) is 2. The molecule has 1 aromatic heterocycles. The minimum Gasteiger partial charge on any atom is -0.345 e. The number of pyridine rings is 1. The molecule has 17 heavy (non-hydrogen) atoms. The first-order valence-corrected chi connectivity index (χ1v) is 6.41. The minimum atomic E-state index is -0.285. The molecule has 0 aromatic carbocycles. The minimum absolute atomic E-state index is 0.224. The third kappa shape index (κ3) is 3.53. The Balaban J connectivity index is 2.80. The van der Waals surface area contributed by atoms with Crippen LogP contribution in [0, 0.1) is 11.3 Å². The van der Waals surface area contributed by atoms with Crippen molar-refractivity contribution in [2.75, 3.05) is 5.33 Å². The predicted molar refractivity (Wildman–Crippen MR) is 68.9 cm³/mol. The summed E-state index contributed by atoms with van der Waals surface area (Å²) in [5.41, 5.74) is 0.483. The van der Waals surface area contributed by atoms with E-state index in [1.54, 1.807) is 12.1 Å². The zero-order valence-corrected chi connectivity index (χ0v) is 11.4. The molecule has 0 saturated carbocycles. The molecule has 1 unspecified atom stereocenters. The summed E-state index contributed by atoms with van der Waals surface area (Å²) in [5.74, 6) is -0.224. The zero-order chi connectivity index (χ0) is 12.9. The van der Waals surface area contributed by atoms with Gasteiger partial charge in [0.05, 0.1) is 5.56 Å². The molecule has 0 aliphatic heterocycles. The average Bonchev–Trinajstić information content (AvgIpc) is 2.38. The van der Waals surface area contributed by atoms with Gasteiger partial charge in [0.25, 0.3) is 5.91 Å². The van der Waals surface area contributed by atoms with Crippen LogP contribution < -0.4 is 5.32 Å². The molecule has 90 valence electrons. The van der Waals surface area contributed by atoms with Crippen LogP contribution >= 0.6 is 15.9 Å². The Labute approximate surface area is 109 Å². The Morgan fingerprint density at radius 1 is 1.65 bits per heavy atom. The van der Waals surface area contributed by atoms with Crippen molar-refractivity contribution in [3.63, 3.8) is 0 Å². The number of rotatable bonds is 4. The van der Waals surface area contributed by atoms with E-state index in [1.165, 1.54) is 6.20 Å². The first-order chi connectivity index (χ1) is 8.04. The molecule has 0 saturated heterocycles. The maximum absolute atomic E-state index is 11.9. The van der Waals surface area contributed by atoms with Gasteiger partial charge in [-0.25, -0.2) is 4.98 Å². The van der Waals surface area contributed by atoms with E-state index in [0.29, 0.717) is 16.6 Å². The number of aromatic nitrogens is 1. The van der Waals surface area contributed by atoms with Crippen molar-refractivity contribution < 1.29 is 4.79 Å². The van der Waals surface area contributed by atoms with Gasteiger partial charge < -0.3 is 5.32 Å². The fraction of sp³-hybridized carbons (Fsp3) is 0.417. The summed E-state index contributed by atoms with van der Waals surface area (Å²) in [7, 11) is 0. The molecule has 0 radical (unpaired) electrons. The second-order valence-corrected chi connectivity index (χ2v) is 4.61. The van der Waals surface area contributed by atoms with Crippen molar-refractivity contribution in [2.24, 2.45) is 0 Å². The van der Waals surface area contributed by atoms with E-state index in [4.69, 9.17) is 5.26 Å². The largest absolute Gasteiger partial charge is 0.345 e. The Kier molecular flexibility index (Phi) is 4.64. The normalized spacial score (nSPS) is 13.5. The van der Waals surface area contributed by atoms with Crippen LogP contribution in [0.4, 0.5) is 0 Å². The molecule has 0 fully saturated rings. The lowest BCUT2D eigenvalue weighted by atomic mass is 10.0. The van der Waals surface area contributed by atoms with E-state index < -0.39 is 0 Å². The fourth-order valence-electron chi connectivity index (χ4n) is 1.15. The van der Waals surface area contributed by atoms with Gasteiger partial charge in [-0.05, 0) is 25.5 Å². The van der Waals surface area contributed by atoms with E-state index in [1.807, 2.05) is 19.9 Å². The highest BCUT2D eigenvalue weighted by molar-refractivity contribution is 9.09. The maximum atomic E-state index is 11.9. The Morgan fingerprint density at radius 2 is 2.35 bits per heavy atom. The molecule has 1 aromatic rings. The number of hydrogen-bond donors (Lipinski definition) is 1. The van der Waals surface area contributed by atoms with Crippen LogP contribution in [0.2, 0.25) is 0 Å². The van der Waals surface area contributed by atoms with E-state index >= 15 is 0 Å². The second kappa shape index (κ2) is 5.78. The van der Waals surface area contributed by atoms with Gasteiger partial charge in [-0.1, -0.05) is 22.9 Å². The molecule has 0 aliphatic carbocycles. The molecule has 1 heterocycles. The van der Waals surface area contributed by atoms with Gasteiger partial charge in [-0.3, -0.25) is 4.79 Å². The summed E-state index contributed by atoms with van der Waals surface area (Å²) < 4.78 is 0. The van der Waals surface area contributed by atoms with Crippen LogP contribution in [0.25, 0.3) is 0 Å². The summed E-state index contributed by atoms with van der Waals surface area (Å²) >= 11 is 3.38. The fourth-order valence-corrected chi connectivity index (χ4v) is 1.69. The standard InChI is InChI=1S/C12H14BrN3O/c1-3-12(2,8-13)16-11(17)10-5-4-9(6-14)7-15-10/h4-5,7H,3,8H2,1-2H3,(H,16,17). The lowest BCUT2D eigenvalue weighted by Gasteiger charge is -2.27. The summed E-state index contributed by atoms with van der Waals surface area (Å²) in [4.78, 5) is 15.9. The zero-order valence-electron chi connectivity index (χ0n) is 9.83. The monoisotopic (exact) mass is 295 g/mol. The van der Waals surface area contributed by atoms with Crippen molar-refractivity contribution in [1.82, 2.24) is 10.3 Å². The van der Waals surface area contributed by atoms with Crippen molar-refractivity contribution in [1.29, 1.82) is 5.26 Å². The van der Waals surface area contributed by atoms with E-state index in [-0.39, 0.29) is 11.4 Å². The van der Waals surface area contributed by atoms with Crippen LogP contribution in [-0.4, -0.2) is 21.8 Å². The van der Waals surface area contributed by atoms with Crippen LogP contribution in [0.1, 0.15) is 36.3 Å². The number of alkyl halides is 1. The Bertz CT molecular complexity index is 432. The Morgan fingerprint density at radius 3 is 2.76 bits per heavy atom. The molecular weight excluding hydrogens is 282 g/mol. The molecule has 0 bridgehead atoms. The molecule has 4 nitrogen and oxygen atoms in total. The average molecular weight is 296 g/mol. The number of amides is 1. The third-order valence-corrected chi connectivity index (χ3v) is 3.85. The van der Waals surface area contributed by atoms with Crippen molar-refractivity contribution in [3.05, 3.63) is 29.6 Å². The molecule has 1 rings (SSSR count). The van der Waals surface area contributed by atoms with Crippen molar-refractivity contribution >= 4 is 21.8 Å². The molecule has 1 atom stereocenters. The summed E-state index contributed by atoms with van der Waals surface area (Å²) in [6.07, 6.45) is 2.21. The van der Waals surface area contributed by atoms with Gasteiger partial charge in [-0.2, -0.15) is 5.26 Å². The number of nitrogens with one attached hydrogen (secondary N) is 1. The number of nitriles is 1. The van der Waals surface area contributed by atoms with E-state index in [2.05, 4.69) is 26.2 Å². The van der Waals surface area contributed by atoms with Gasteiger partial charge >= 0.3 is 0 Å². The first kappa shape index (κ1) is 13.7. The van der Waals surface area contributed by atoms with Crippen LogP contribution in [-0.2, 0) is 0 Å². The molecule has 1 amide bonds. The molecule has 0 aliphatic rings. The lowest BCUT2D eigenvalue weighted by Crippen LogP contribution is -2.47. The molecule has 5 heteroatoms. The number of hydrogen-bond acceptors (Lipinski definition) is 3. The summed E-state index contributed by atoms with van der Waals surface area (Å²) in [6.45, 7) is 3.97. The van der Waals surface area contributed by atoms with Gasteiger partial charge in [0, 0.05) is 17.1 Å². The number of halogens is 1. The number of carbonyl (C=O) groups excluding carboxylic acids is 1. The Hall–Kier alpha value is -1.41. The quantitative estimate of drug-likeness (QED) is 0.867. The smallest absolute Gasteiger partial charge is 0.270 e. The topological polar surface area (TPSA) is 65.8 Å². The van der Waals surface area contributed by atoms with Crippen molar-refractivity contribution in [3.8, 4) is 6.07 Å². The molecular formula is C12H14BrN3O. The lowest BCUT2D eigenvalue weighted by molar-refractivity contribution is 0.0908. The van der Waals surface area contributed by atoms with E-state index in [0.717, 1.165) is 6.42 Å². The van der Waals surface area contributed by atoms with Gasteiger partial charge in [0.15, 0.2) is 0 Å². The van der Waals surface area contributed by atoms with Gasteiger partial charge in [0.1, 0.15) is 11.8 Å². The first-order valence-electron chi connectivity index (χ1n) is 5.29. The number of carbonyl (C=O) groups is 1. The SMILES string of the molecule is CCC(C)(CBr)NC(=O)c1ccc(C#N)cn1. The van der Waals surface area contributed by atoms with Crippen LogP contribution in [0.15, 0.2) is 18.3 Å². The van der Waals surface area contributed by atoms with Crippen molar-refractivity contribution in [2.45, 2.75) is 25.8 Å². The van der Waals surface area contributed by atoms with Crippen LogP contribution in [0.5, 0.6) is 0 Å². The van der Waals surface area contributed by atoms with E-state index in [9.17, 15) is 4.79 Å². The predicted octanol–water partition coefficient (Wildman–Crippen LogP) is 2.25. The van der Waals surface area contributed by atoms with Gasteiger partial charge in [-0.15, -0.1) is 0 Å². The molecule has 0 spiro atoms. The summed E-state index contributed by atoms with van der Waals surface area (Å²) in [6, 6.07) is 5.10. The van der Waals surface area contributed by atoms with Gasteiger partial charge in [0.2, 0.25) is 0 Å². The third-order valence-electron chi connectivity index (χ3n) is 2.62. The highest BCUT2D eigenvalue weighted by Gasteiger charge is 2.23. The van der Waals surface area contributed by atoms with Crippen LogP contribution in [0.3, 0.4) is 0 Å². The highest BCUT2D eigenvalue weighted by atomic mass is 79.9. The summed E-state index contributed by atoms with van der Waals surface area (Å²) in [5, 5.41) is 12.2. The highest BCUT2D eigenvalue weighted by Crippen LogP contribution is 2.13. The second-order valence-electron chi connectivity index (χ2n) is 4.05. The maximum Gasteiger partial charge on any atom is 0.270 e.